The van der Waals surface area contributed by atoms with Crippen molar-refractivity contribution in [2.45, 2.75) is 18.9 Å². The summed E-state index contributed by atoms with van der Waals surface area (Å²) in [5, 5.41) is 0. The Hall–Kier alpha value is -0.300. The van der Waals surface area contributed by atoms with Gasteiger partial charge in [0, 0.05) is 6.04 Å². The molecule has 0 aromatic heterocycles. The number of nitrogens with two attached hydrogens (primary N) is 1. The molecule has 2 aliphatic rings. The Morgan fingerprint density at radius 3 is 2.38 bits per heavy atom. The lowest BCUT2D eigenvalue weighted by Crippen LogP contribution is -2.23. The highest BCUT2D eigenvalue weighted by Gasteiger charge is 2.32. The SMILES string of the molecule is N[C@@H]1C[C@H]2C=C[C@@H]1C2. The lowest BCUT2D eigenvalue weighted by molar-refractivity contribution is 0.576. The fourth-order valence-electron chi connectivity index (χ4n) is 1.82. The van der Waals surface area contributed by atoms with Gasteiger partial charge in [-0.1, -0.05) is 12.2 Å². The van der Waals surface area contributed by atoms with E-state index < -0.39 is 0 Å². The van der Waals surface area contributed by atoms with Gasteiger partial charge in [-0.3, -0.25) is 0 Å². The fourth-order valence-corrected chi connectivity index (χ4v) is 1.82. The maximum atomic E-state index is 5.77. The van der Waals surface area contributed by atoms with E-state index in [9.17, 15) is 0 Å². The van der Waals surface area contributed by atoms with E-state index in [1.165, 1.54) is 12.8 Å². The second-order valence-electron chi connectivity index (χ2n) is 2.94. The topological polar surface area (TPSA) is 26.0 Å². The van der Waals surface area contributed by atoms with Crippen LogP contribution in [0.2, 0.25) is 0 Å². The Morgan fingerprint density at radius 1 is 1.25 bits per heavy atom. The first-order valence-corrected chi connectivity index (χ1v) is 3.30. The molecule has 0 aromatic carbocycles. The first-order chi connectivity index (χ1) is 3.86. The van der Waals surface area contributed by atoms with Crippen LogP contribution in [0, 0.1) is 11.8 Å². The Bertz CT molecular complexity index is 128. The van der Waals surface area contributed by atoms with E-state index in [0.717, 1.165) is 11.8 Å². The second kappa shape index (κ2) is 1.35. The van der Waals surface area contributed by atoms with Gasteiger partial charge in [0.25, 0.3) is 0 Å². The molecular formula is C7H11N. The molecule has 0 heterocycles. The minimum absolute atomic E-state index is 0.491. The highest BCUT2D eigenvalue weighted by atomic mass is 14.7. The van der Waals surface area contributed by atoms with Crippen LogP contribution >= 0.6 is 0 Å². The molecule has 3 atom stereocenters. The van der Waals surface area contributed by atoms with Crippen molar-refractivity contribution in [2.75, 3.05) is 0 Å². The van der Waals surface area contributed by atoms with Gasteiger partial charge in [-0.15, -0.1) is 0 Å². The summed E-state index contributed by atoms with van der Waals surface area (Å²) in [6, 6.07) is 0.491. The van der Waals surface area contributed by atoms with Crippen LogP contribution in [0.4, 0.5) is 0 Å². The third kappa shape index (κ3) is 0.451. The Kier molecular flexibility index (Phi) is 0.770. The molecule has 44 valence electrons. The van der Waals surface area contributed by atoms with E-state index in [1.807, 2.05) is 0 Å². The third-order valence-corrected chi connectivity index (χ3v) is 2.33. The molecule has 1 heteroatoms. The molecule has 0 amide bonds. The Labute approximate surface area is 49.6 Å². The molecule has 8 heavy (non-hydrogen) atoms. The van der Waals surface area contributed by atoms with Gasteiger partial charge >= 0.3 is 0 Å². The summed E-state index contributed by atoms with van der Waals surface area (Å²) >= 11 is 0. The van der Waals surface area contributed by atoms with Crippen molar-refractivity contribution in [3.8, 4) is 0 Å². The van der Waals surface area contributed by atoms with Crippen molar-refractivity contribution >= 4 is 0 Å². The molecule has 2 rings (SSSR count). The van der Waals surface area contributed by atoms with Gasteiger partial charge in [-0.05, 0) is 24.7 Å². The van der Waals surface area contributed by atoms with Crippen LogP contribution in [-0.4, -0.2) is 6.04 Å². The summed E-state index contributed by atoms with van der Waals surface area (Å²) in [5.41, 5.74) is 5.77. The maximum absolute atomic E-state index is 5.77. The van der Waals surface area contributed by atoms with E-state index in [0.29, 0.717) is 6.04 Å². The molecule has 0 aliphatic heterocycles. The summed E-state index contributed by atoms with van der Waals surface area (Å²) < 4.78 is 0. The molecule has 0 radical (unpaired) electrons. The number of rotatable bonds is 0. The number of hydrogen-bond acceptors (Lipinski definition) is 1. The van der Waals surface area contributed by atoms with E-state index in [1.54, 1.807) is 0 Å². The van der Waals surface area contributed by atoms with Crippen molar-refractivity contribution in [3.63, 3.8) is 0 Å². The van der Waals surface area contributed by atoms with Crippen LogP contribution in [0.5, 0.6) is 0 Å². The molecular weight excluding hydrogens is 98.1 g/mol. The lowest BCUT2D eigenvalue weighted by atomic mass is 10.0. The summed E-state index contributed by atoms with van der Waals surface area (Å²) in [6.07, 6.45) is 7.16. The zero-order valence-electron chi connectivity index (χ0n) is 4.88. The van der Waals surface area contributed by atoms with Gasteiger partial charge in [-0.2, -0.15) is 0 Å². The smallest absolute Gasteiger partial charge is 0.0108 e. The standard InChI is InChI=1S/C7H11N/c8-7-4-5-1-2-6(7)3-5/h1-2,5-7H,3-4,8H2/t5-,6+,7+/m0/s1. The monoisotopic (exact) mass is 109 g/mol. The van der Waals surface area contributed by atoms with Crippen molar-refractivity contribution < 1.29 is 0 Å². The van der Waals surface area contributed by atoms with E-state index >= 15 is 0 Å². The zero-order valence-corrected chi connectivity index (χ0v) is 4.88. The summed E-state index contributed by atoms with van der Waals surface area (Å²) in [7, 11) is 0. The normalized spacial score (nSPS) is 50.9. The van der Waals surface area contributed by atoms with Gasteiger partial charge < -0.3 is 5.73 Å². The van der Waals surface area contributed by atoms with Crippen molar-refractivity contribution in [3.05, 3.63) is 12.2 Å². The third-order valence-electron chi connectivity index (χ3n) is 2.33. The predicted octanol–water partition coefficient (Wildman–Crippen LogP) is 0.910. The molecule has 0 spiro atoms. The summed E-state index contributed by atoms with van der Waals surface area (Å²) in [6.45, 7) is 0. The average Bonchev–Trinajstić information content (AvgIpc) is 2.23. The van der Waals surface area contributed by atoms with Crippen LogP contribution in [0.1, 0.15) is 12.8 Å². The number of hydrogen-bond donors (Lipinski definition) is 1. The molecule has 0 aromatic rings. The largest absolute Gasteiger partial charge is 0.327 e. The first-order valence-electron chi connectivity index (χ1n) is 3.30. The van der Waals surface area contributed by atoms with Crippen LogP contribution in [0.25, 0.3) is 0 Å². The summed E-state index contributed by atoms with van der Waals surface area (Å²) in [4.78, 5) is 0. The van der Waals surface area contributed by atoms with E-state index in [2.05, 4.69) is 12.2 Å². The molecule has 1 saturated carbocycles. The Balaban J connectivity index is 2.23. The molecule has 0 unspecified atom stereocenters. The van der Waals surface area contributed by atoms with E-state index in [4.69, 9.17) is 5.73 Å². The number of allylic oxidation sites excluding steroid dienone is 1. The van der Waals surface area contributed by atoms with Gasteiger partial charge in [0.1, 0.15) is 0 Å². The fraction of sp³-hybridized carbons (Fsp3) is 0.714. The molecule has 1 nitrogen and oxygen atoms in total. The molecule has 1 fully saturated rings. The highest BCUT2D eigenvalue weighted by molar-refractivity contribution is 5.11. The van der Waals surface area contributed by atoms with Crippen molar-refractivity contribution in [1.82, 2.24) is 0 Å². The van der Waals surface area contributed by atoms with Crippen molar-refractivity contribution in [1.29, 1.82) is 0 Å². The zero-order chi connectivity index (χ0) is 5.56. The van der Waals surface area contributed by atoms with Gasteiger partial charge in [0.05, 0.1) is 0 Å². The highest BCUT2D eigenvalue weighted by Crippen LogP contribution is 2.37. The van der Waals surface area contributed by atoms with Crippen LogP contribution in [0.3, 0.4) is 0 Å². The minimum atomic E-state index is 0.491. The first kappa shape index (κ1) is 4.57. The molecule has 0 saturated heterocycles. The predicted molar refractivity (Wildman–Crippen MR) is 33.3 cm³/mol. The maximum Gasteiger partial charge on any atom is 0.0108 e. The number of fused-ring (bicyclic) bond motifs is 2. The van der Waals surface area contributed by atoms with E-state index in [-0.39, 0.29) is 0 Å². The quantitative estimate of drug-likeness (QED) is 0.460. The van der Waals surface area contributed by atoms with Gasteiger partial charge in [0.2, 0.25) is 0 Å². The second-order valence-corrected chi connectivity index (χ2v) is 2.94. The minimum Gasteiger partial charge on any atom is -0.327 e. The van der Waals surface area contributed by atoms with Crippen LogP contribution < -0.4 is 5.73 Å². The van der Waals surface area contributed by atoms with Gasteiger partial charge in [0.15, 0.2) is 0 Å². The summed E-state index contributed by atoms with van der Waals surface area (Å²) in [5.74, 6) is 1.58. The van der Waals surface area contributed by atoms with Crippen LogP contribution in [-0.2, 0) is 0 Å². The molecule has 2 aliphatic carbocycles. The Morgan fingerprint density at radius 2 is 2.12 bits per heavy atom. The van der Waals surface area contributed by atoms with Gasteiger partial charge in [-0.25, -0.2) is 0 Å². The lowest BCUT2D eigenvalue weighted by Gasteiger charge is -2.10. The van der Waals surface area contributed by atoms with Crippen molar-refractivity contribution in [2.24, 2.45) is 17.6 Å². The van der Waals surface area contributed by atoms with Crippen LogP contribution in [0.15, 0.2) is 12.2 Å². The molecule has 2 bridgehead atoms. The molecule has 2 N–H and O–H groups in total. The average molecular weight is 109 g/mol.